The highest BCUT2D eigenvalue weighted by Crippen LogP contribution is 2.70. The normalized spacial score (nSPS) is 39.3. The number of carbonyl (C=O) groups excluding carboxylic acids is 1. The van der Waals surface area contributed by atoms with Crippen LogP contribution in [0.2, 0.25) is 0 Å². The van der Waals surface area contributed by atoms with Crippen molar-refractivity contribution in [1.29, 1.82) is 0 Å². The molecule has 3 fully saturated rings. The van der Waals surface area contributed by atoms with Gasteiger partial charge in [-0.15, -0.1) is 0 Å². The van der Waals surface area contributed by atoms with E-state index in [4.69, 9.17) is 0 Å². The van der Waals surface area contributed by atoms with E-state index in [0.717, 1.165) is 23.6 Å². The smallest absolute Gasteiger partial charge is 0.238 e. The molecule has 1 saturated heterocycles. The maximum atomic E-state index is 12.7. The van der Waals surface area contributed by atoms with E-state index in [9.17, 15) is 18.3 Å². The van der Waals surface area contributed by atoms with Crippen molar-refractivity contribution in [1.82, 2.24) is 4.31 Å². The van der Waals surface area contributed by atoms with Crippen LogP contribution >= 0.6 is 0 Å². The molecule has 6 heteroatoms. The molecule has 1 N–H and O–H groups in total. The standard InChI is InChI=1S/C16H27NO4S/c1-10(2)12(18)8-14(19)17-13-7-11-5-6-16(13,15(11,3)4)9-22(17,20)21/h10-13,18H,5-9H2,1-4H3/t11-,12+,13-,16-/m0/s1. The number of aliphatic hydroxyl groups excluding tert-OH is 1. The summed E-state index contributed by atoms with van der Waals surface area (Å²) in [6.07, 6.45) is 1.86. The summed E-state index contributed by atoms with van der Waals surface area (Å²) in [7, 11) is -3.56. The molecule has 2 bridgehead atoms. The summed E-state index contributed by atoms with van der Waals surface area (Å²) < 4.78 is 26.5. The first-order valence-corrected chi connectivity index (χ1v) is 9.87. The molecule has 0 unspecified atom stereocenters. The van der Waals surface area contributed by atoms with Gasteiger partial charge in [-0.05, 0) is 36.5 Å². The Bertz CT molecular complexity index is 597. The Hall–Kier alpha value is -0.620. The maximum absolute atomic E-state index is 12.7. The lowest BCUT2D eigenvalue weighted by atomic mass is 9.69. The summed E-state index contributed by atoms with van der Waals surface area (Å²) in [5.74, 6) is 0.113. The van der Waals surface area contributed by atoms with E-state index in [-0.39, 0.29) is 35.0 Å². The Labute approximate surface area is 133 Å². The monoisotopic (exact) mass is 329 g/mol. The molecule has 1 amide bonds. The van der Waals surface area contributed by atoms with Gasteiger partial charge in [0.15, 0.2) is 0 Å². The Kier molecular flexibility index (Phi) is 3.47. The first kappa shape index (κ1) is 16.2. The quantitative estimate of drug-likeness (QED) is 0.856. The van der Waals surface area contributed by atoms with Crippen molar-refractivity contribution in [3.8, 4) is 0 Å². The molecule has 3 rings (SSSR count). The fourth-order valence-corrected chi connectivity index (χ4v) is 7.68. The Morgan fingerprint density at radius 3 is 2.55 bits per heavy atom. The van der Waals surface area contributed by atoms with Crippen LogP contribution in [-0.4, -0.2) is 41.6 Å². The molecule has 4 atom stereocenters. The van der Waals surface area contributed by atoms with Crippen LogP contribution in [0.4, 0.5) is 0 Å². The third kappa shape index (κ3) is 1.92. The maximum Gasteiger partial charge on any atom is 0.238 e. The van der Waals surface area contributed by atoms with Crippen molar-refractivity contribution in [2.24, 2.45) is 22.7 Å². The number of amides is 1. The number of nitrogens with zero attached hydrogens (tertiary/aromatic N) is 1. The second kappa shape index (κ2) is 4.69. The summed E-state index contributed by atoms with van der Waals surface area (Å²) in [6.45, 7) is 7.99. The van der Waals surface area contributed by atoms with E-state index in [1.54, 1.807) is 0 Å². The minimum absolute atomic E-state index is 0.0313. The van der Waals surface area contributed by atoms with Gasteiger partial charge >= 0.3 is 0 Å². The average Bonchev–Trinajstić information content (AvgIpc) is 2.84. The molecule has 2 aliphatic carbocycles. The number of hydrogen-bond acceptors (Lipinski definition) is 4. The molecule has 2 saturated carbocycles. The van der Waals surface area contributed by atoms with E-state index < -0.39 is 22.0 Å². The van der Waals surface area contributed by atoms with Gasteiger partial charge in [0.2, 0.25) is 15.9 Å². The molecule has 3 aliphatic rings. The fourth-order valence-electron chi connectivity index (χ4n) is 5.12. The highest BCUT2D eigenvalue weighted by molar-refractivity contribution is 7.90. The molecular weight excluding hydrogens is 302 g/mol. The van der Waals surface area contributed by atoms with Crippen molar-refractivity contribution in [3.05, 3.63) is 0 Å². The Balaban J connectivity index is 1.92. The molecule has 1 heterocycles. The van der Waals surface area contributed by atoms with Gasteiger partial charge in [0, 0.05) is 5.41 Å². The topological polar surface area (TPSA) is 74.7 Å². The van der Waals surface area contributed by atoms with Gasteiger partial charge in [-0.2, -0.15) is 0 Å². The van der Waals surface area contributed by atoms with Gasteiger partial charge in [-0.25, -0.2) is 12.7 Å². The minimum Gasteiger partial charge on any atom is -0.392 e. The molecule has 0 aromatic rings. The molecule has 1 spiro atoms. The van der Waals surface area contributed by atoms with Gasteiger partial charge in [0.05, 0.1) is 24.3 Å². The zero-order valence-electron chi connectivity index (χ0n) is 13.9. The summed E-state index contributed by atoms with van der Waals surface area (Å²) in [4.78, 5) is 12.6. The van der Waals surface area contributed by atoms with Crippen molar-refractivity contribution >= 4 is 15.9 Å². The first-order valence-electron chi connectivity index (χ1n) is 8.26. The van der Waals surface area contributed by atoms with Crippen molar-refractivity contribution in [2.75, 3.05) is 5.75 Å². The summed E-state index contributed by atoms with van der Waals surface area (Å²) in [6, 6.07) is -0.196. The average molecular weight is 329 g/mol. The van der Waals surface area contributed by atoms with Crippen LogP contribution < -0.4 is 0 Å². The van der Waals surface area contributed by atoms with Gasteiger partial charge in [-0.3, -0.25) is 4.79 Å². The Morgan fingerprint density at radius 2 is 2.00 bits per heavy atom. The van der Waals surface area contributed by atoms with Crippen molar-refractivity contribution < 1.29 is 18.3 Å². The second-order valence-corrected chi connectivity index (χ2v) is 10.2. The lowest BCUT2D eigenvalue weighted by Gasteiger charge is -2.37. The molecule has 5 nitrogen and oxygen atoms in total. The molecule has 1 aliphatic heterocycles. The lowest BCUT2D eigenvalue weighted by Crippen LogP contribution is -2.45. The molecule has 126 valence electrons. The highest BCUT2D eigenvalue weighted by Gasteiger charge is 2.72. The van der Waals surface area contributed by atoms with Gasteiger partial charge < -0.3 is 5.11 Å². The minimum atomic E-state index is -3.56. The summed E-state index contributed by atoms with van der Waals surface area (Å²) >= 11 is 0. The Morgan fingerprint density at radius 1 is 1.36 bits per heavy atom. The predicted octanol–water partition coefficient (Wildman–Crippen LogP) is 1.76. The van der Waals surface area contributed by atoms with E-state index in [0.29, 0.717) is 5.92 Å². The number of fused-ring (bicyclic) bond motifs is 1. The van der Waals surface area contributed by atoms with E-state index in [1.807, 2.05) is 13.8 Å². The van der Waals surface area contributed by atoms with Gasteiger partial charge in [0.25, 0.3) is 0 Å². The van der Waals surface area contributed by atoms with Crippen LogP contribution in [-0.2, 0) is 14.8 Å². The number of sulfonamides is 1. The third-order valence-corrected chi connectivity index (χ3v) is 8.75. The zero-order chi connectivity index (χ0) is 16.5. The van der Waals surface area contributed by atoms with Crippen LogP contribution in [0.3, 0.4) is 0 Å². The molecular formula is C16H27NO4S. The van der Waals surface area contributed by atoms with Crippen molar-refractivity contribution in [2.45, 2.75) is 65.5 Å². The third-order valence-electron chi connectivity index (χ3n) is 6.81. The van der Waals surface area contributed by atoms with Gasteiger partial charge in [-0.1, -0.05) is 27.7 Å². The number of carbonyl (C=O) groups is 1. The largest absolute Gasteiger partial charge is 0.392 e. The number of hydrogen-bond donors (Lipinski definition) is 1. The SMILES string of the molecule is CC(C)[C@H](O)CC(=O)N1[C@H]2C[C@@H]3CC[C@@]2(CS1(=O)=O)C3(C)C. The first-order chi connectivity index (χ1) is 10.0. The predicted molar refractivity (Wildman–Crippen MR) is 83.4 cm³/mol. The van der Waals surface area contributed by atoms with Crippen molar-refractivity contribution in [3.63, 3.8) is 0 Å². The zero-order valence-corrected chi connectivity index (χ0v) is 14.7. The summed E-state index contributed by atoms with van der Waals surface area (Å²) in [5.41, 5.74) is -0.314. The van der Waals surface area contributed by atoms with Gasteiger partial charge in [0.1, 0.15) is 0 Å². The van der Waals surface area contributed by atoms with E-state index in [2.05, 4.69) is 13.8 Å². The lowest BCUT2D eigenvalue weighted by molar-refractivity contribution is -0.131. The van der Waals surface area contributed by atoms with E-state index >= 15 is 0 Å². The number of rotatable bonds is 3. The van der Waals surface area contributed by atoms with E-state index in [1.165, 1.54) is 0 Å². The molecule has 22 heavy (non-hydrogen) atoms. The number of aliphatic hydroxyl groups is 1. The second-order valence-electron chi connectivity index (χ2n) is 8.33. The van der Waals surface area contributed by atoms with Crippen LogP contribution in [0.15, 0.2) is 0 Å². The van der Waals surface area contributed by atoms with Crippen LogP contribution in [0.25, 0.3) is 0 Å². The highest BCUT2D eigenvalue weighted by atomic mass is 32.2. The fraction of sp³-hybridized carbons (Fsp3) is 0.938. The molecule has 0 aromatic heterocycles. The van der Waals surface area contributed by atoms with Crippen LogP contribution in [0.1, 0.15) is 53.4 Å². The van der Waals surface area contributed by atoms with Crippen LogP contribution in [0, 0.1) is 22.7 Å². The molecule has 0 aromatic carbocycles. The van der Waals surface area contributed by atoms with Crippen LogP contribution in [0.5, 0.6) is 0 Å². The molecule has 0 radical (unpaired) electrons. The summed E-state index contributed by atoms with van der Waals surface area (Å²) in [5, 5.41) is 9.96.